The number of aliphatic hydroxyl groups is 1. The molecule has 2 rings (SSSR count). The van der Waals surface area contributed by atoms with E-state index in [1.807, 2.05) is 0 Å². The highest BCUT2D eigenvalue weighted by Gasteiger charge is 2.31. The average Bonchev–Trinajstić information content (AvgIpc) is 2.37. The quantitative estimate of drug-likeness (QED) is 0.817. The largest absolute Gasteiger partial charge is 0.493 e. The van der Waals surface area contributed by atoms with Crippen molar-refractivity contribution in [3.05, 3.63) is 28.8 Å². The Balaban J connectivity index is 2.56. The lowest BCUT2D eigenvalue weighted by molar-refractivity contribution is -0.151. The molecule has 1 atom stereocenters. The molecule has 0 aliphatic carbocycles. The topological polar surface area (TPSA) is 55.8 Å². The second-order valence-corrected chi connectivity index (χ2v) is 3.94. The van der Waals surface area contributed by atoms with E-state index in [0.717, 1.165) is 7.11 Å². The highest BCUT2D eigenvalue weighted by Crippen LogP contribution is 2.37. The standard InChI is InChI=1S/C12H12F2O4/c1-17-12(16)10(15)9-8(14)5-7(13)6-3-2-4-18-11(6)9/h5,10,15H,2-4H2,1H3. The van der Waals surface area contributed by atoms with Gasteiger partial charge in [0, 0.05) is 11.6 Å². The van der Waals surface area contributed by atoms with Crippen LogP contribution in [0.1, 0.15) is 23.7 Å². The van der Waals surface area contributed by atoms with Gasteiger partial charge in [-0.05, 0) is 12.8 Å². The van der Waals surface area contributed by atoms with E-state index in [4.69, 9.17) is 4.74 Å². The van der Waals surface area contributed by atoms with Crippen LogP contribution in [0.3, 0.4) is 0 Å². The van der Waals surface area contributed by atoms with Crippen molar-refractivity contribution in [1.82, 2.24) is 0 Å². The molecule has 1 heterocycles. The molecule has 0 saturated carbocycles. The molecule has 0 bridgehead atoms. The molecule has 98 valence electrons. The van der Waals surface area contributed by atoms with Crippen LogP contribution in [0.25, 0.3) is 0 Å². The maximum absolute atomic E-state index is 13.7. The van der Waals surface area contributed by atoms with Gasteiger partial charge in [0.25, 0.3) is 0 Å². The lowest BCUT2D eigenvalue weighted by atomic mass is 9.98. The van der Waals surface area contributed by atoms with Gasteiger partial charge in [0.15, 0.2) is 6.10 Å². The Bertz CT molecular complexity index is 487. The van der Waals surface area contributed by atoms with Crippen molar-refractivity contribution in [2.24, 2.45) is 0 Å². The number of fused-ring (bicyclic) bond motifs is 1. The summed E-state index contributed by atoms with van der Waals surface area (Å²) in [6, 6.07) is 0.648. The minimum Gasteiger partial charge on any atom is -0.493 e. The van der Waals surface area contributed by atoms with Gasteiger partial charge in [-0.25, -0.2) is 13.6 Å². The Hall–Kier alpha value is -1.69. The normalized spacial score (nSPS) is 15.6. The number of hydrogen-bond donors (Lipinski definition) is 1. The summed E-state index contributed by atoms with van der Waals surface area (Å²) >= 11 is 0. The van der Waals surface area contributed by atoms with Crippen LogP contribution in [-0.4, -0.2) is 24.8 Å². The summed E-state index contributed by atoms with van der Waals surface area (Å²) in [7, 11) is 1.07. The Labute approximate surface area is 102 Å². The van der Waals surface area contributed by atoms with Gasteiger partial charge in [-0.15, -0.1) is 0 Å². The van der Waals surface area contributed by atoms with Gasteiger partial charge in [0.1, 0.15) is 17.4 Å². The van der Waals surface area contributed by atoms with Crippen LogP contribution in [0.15, 0.2) is 6.07 Å². The van der Waals surface area contributed by atoms with Crippen molar-refractivity contribution in [2.75, 3.05) is 13.7 Å². The van der Waals surface area contributed by atoms with Crippen LogP contribution < -0.4 is 4.74 Å². The van der Waals surface area contributed by atoms with Crippen LogP contribution in [0.5, 0.6) is 5.75 Å². The van der Waals surface area contributed by atoms with Gasteiger partial charge in [-0.1, -0.05) is 0 Å². The van der Waals surface area contributed by atoms with Crippen molar-refractivity contribution < 1.29 is 28.2 Å². The summed E-state index contributed by atoms with van der Waals surface area (Å²) in [4.78, 5) is 11.2. The van der Waals surface area contributed by atoms with Crippen LogP contribution in [0.2, 0.25) is 0 Å². The number of ether oxygens (including phenoxy) is 2. The van der Waals surface area contributed by atoms with E-state index in [0.29, 0.717) is 18.9 Å². The first-order chi connectivity index (χ1) is 8.56. The van der Waals surface area contributed by atoms with Gasteiger partial charge < -0.3 is 14.6 Å². The SMILES string of the molecule is COC(=O)C(O)c1c(F)cc(F)c2c1OCCC2. The number of hydrogen-bond acceptors (Lipinski definition) is 4. The zero-order valence-corrected chi connectivity index (χ0v) is 9.70. The number of carbonyl (C=O) groups excluding carboxylic acids is 1. The molecule has 0 aromatic heterocycles. The summed E-state index contributed by atoms with van der Waals surface area (Å²) in [5.74, 6) is -2.86. The Morgan fingerprint density at radius 3 is 2.89 bits per heavy atom. The first kappa shape index (κ1) is 12.8. The van der Waals surface area contributed by atoms with E-state index in [2.05, 4.69) is 4.74 Å². The van der Waals surface area contributed by atoms with Gasteiger partial charge in [0.2, 0.25) is 0 Å². The number of methoxy groups -OCH3 is 1. The van der Waals surface area contributed by atoms with Gasteiger partial charge >= 0.3 is 5.97 Å². The molecule has 1 aliphatic rings. The lowest BCUT2D eigenvalue weighted by Gasteiger charge is -2.23. The van der Waals surface area contributed by atoms with Gasteiger partial charge in [-0.2, -0.15) is 0 Å². The summed E-state index contributed by atoms with van der Waals surface area (Å²) in [5.41, 5.74) is -0.182. The third-order valence-electron chi connectivity index (χ3n) is 2.83. The first-order valence-corrected chi connectivity index (χ1v) is 5.45. The maximum atomic E-state index is 13.7. The third kappa shape index (κ3) is 2.03. The Kier molecular flexibility index (Phi) is 3.47. The van der Waals surface area contributed by atoms with Crippen molar-refractivity contribution in [2.45, 2.75) is 18.9 Å². The van der Waals surface area contributed by atoms with Crippen molar-refractivity contribution in [1.29, 1.82) is 0 Å². The Morgan fingerprint density at radius 2 is 2.22 bits per heavy atom. The zero-order valence-electron chi connectivity index (χ0n) is 9.70. The number of halogens is 2. The average molecular weight is 258 g/mol. The summed E-state index contributed by atoms with van der Waals surface area (Å²) < 4.78 is 36.8. The van der Waals surface area contributed by atoms with Gasteiger partial charge in [-0.3, -0.25) is 0 Å². The molecule has 0 radical (unpaired) electrons. The predicted molar refractivity (Wildman–Crippen MR) is 57.1 cm³/mol. The molecular weight excluding hydrogens is 246 g/mol. The number of carbonyl (C=O) groups is 1. The molecule has 1 unspecified atom stereocenters. The second kappa shape index (κ2) is 4.89. The van der Waals surface area contributed by atoms with Crippen LogP contribution in [-0.2, 0) is 16.0 Å². The van der Waals surface area contributed by atoms with Crippen molar-refractivity contribution in [3.63, 3.8) is 0 Å². The third-order valence-corrected chi connectivity index (χ3v) is 2.83. The van der Waals surface area contributed by atoms with Crippen LogP contribution in [0.4, 0.5) is 8.78 Å². The minimum atomic E-state index is -1.82. The molecule has 0 spiro atoms. The van der Waals surface area contributed by atoms with Crippen molar-refractivity contribution >= 4 is 5.97 Å². The van der Waals surface area contributed by atoms with Crippen LogP contribution in [0, 0.1) is 11.6 Å². The molecule has 1 N–H and O–H groups in total. The fourth-order valence-electron chi connectivity index (χ4n) is 1.96. The highest BCUT2D eigenvalue weighted by atomic mass is 19.1. The molecule has 1 aromatic carbocycles. The molecule has 1 aliphatic heterocycles. The molecule has 1 aromatic rings. The van der Waals surface area contributed by atoms with E-state index < -0.39 is 23.7 Å². The smallest absolute Gasteiger partial charge is 0.339 e. The van der Waals surface area contributed by atoms with Crippen LogP contribution >= 0.6 is 0 Å². The summed E-state index contributed by atoms with van der Waals surface area (Å²) in [6.45, 7) is 0.288. The molecule has 18 heavy (non-hydrogen) atoms. The van der Waals surface area contributed by atoms with Crippen molar-refractivity contribution in [3.8, 4) is 5.75 Å². The predicted octanol–water partition coefficient (Wildman–Crippen LogP) is 1.50. The summed E-state index contributed by atoms with van der Waals surface area (Å²) in [5, 5.41) is 9.70. The highest BCUT2D eigenvalue weighted by molar-refractivity contribution is 5.77. The molecular formula is C12H12F2O4. The number of rotatable bonds is 2. The summed E-state index contributed by atoms with van der Waals surface area (Å²) in [6.07, 6.45) is -0.839. The fourth-order valence-corrected chi connectivity index (χ4v) is 1.96. The first-order valence-electron chi connectivity index (χ1n) is 5.45. The van der Waals surface area contributed by atoms with Gasteiger partial charge in [0.05, 0.1) is 19.3 Å². The minimum absolute atomic E-state index is 0.0864. The maximum Gasteiger partial charge on any atom is 0.339 e. The number of aliphatic hydroxyl groups excluding tert-OH is 1. The zero-order chi connectivity index (χ0) is 13.3. The van der Waals surface area contributed by atoms with E-state index in [1.54, 1.807) is 0 Å². The van der Waals surface area contributed by atoms with E-state index in [-0.39, 0.29) is 23.5 Å². The number of benzene rings is 1. The molecule has 0 amide bonds. The van der Waals surface area contributed by atoms with E-state index in [1.165, 1.54) is 0 Å². The molecule has 6 heteroatoms. The fraction of sp³-hybridized carbons (Fsp3) is 0.417. The second-order valence-electron chi connectivity index (χ2n) is 3.94. The monoisotopic (exact) mass is 258 g/mol. The lowest BCUT2D eigenvalue weighted by Crippen LogP contribution is -2.20. The number of esters is 1. The van der Waals surface area contributed by atoms with E-state index >= 15 is 0 Å². The molecule has 4 nitrogen and oxygen atoms in total. The van der Waals surface area contributed by atoms with E-state index in [9.17, 15) is 18.7 Å². The molecule has 0 fully saturated rings. The Morgan fingerprint density at radius 1 is 1.50 bits per heavy atom. The molecule has 0 saturated heterocycles.